The molecule has 0 aliphatic rings. The number of benzene rings is 1. The molecule has 106 valence electrons. The molecule has 2 aromatic rings. The van der Waals surface area contributed by atoms with Crippen LogP contribution in [-0.4, -0.2) is 23.0 Å². The van der Waals surface area contributed by atoms with E-state index >= 15 is 0 Å². The van der Waals surface area contributed by atoms with Crippen LogP contribution in [0.25, 0.3) is 0 Å². The Morgan fingerprint density at radius 3 is 2.70 bits per heavy atom. The van der Waals surface area contributed by atoms with Gasteiger partial charge in [0.05, 0.1) is 0 Å². The predicted octanol–water partition coefficient (Wildman–Crippen LogP) is 2.74. The fourth-order valence-corrected chi connectivity index (χ4v) is 2.53. The van der Waals surface area contributed by atoms with E-state index in [1.807, 2.05) is 38.4 Å². The summed E-state index contributed by atoms with van der Waals surface area (Å²) >= 11 is 0. The first-order chi connectivity index (χ1) is 9.58. The van der Waals surface area contributed by atoms with E-state index in [-0.39, 0.29) is 17.9 Å². The van der Waals surface area contributed by atoms with Crippen LogP contribution < -0.4 is 5.73 Å². The third kappa shape index (κ3) is 3.62. The van der Waals surface area contributed by atoms with Crippen molar-refractivity contribution in [1.29, 1.82) is 0 Å². The van der Waals surface area contributed by atoms with E-state index in [2.05, 4.69) is 9.88 Å². The van der Waals surface area contributed by atoms with Gasteiger partial charge in [0.25, 0.3) is 0 Å². The maximum atomic E-state index is 13.4. The van der Waals surface area contributed by atoms with E-state index in [9.17, 15) is 4.39 Å². The summed E-state index contributed by atoms with van der Waals surface area (Å²) in [5, 5.41) is 0. The number of hydrogen-bond donors (Lipinski definition) is 1. The molecular weight excluding hydrogens is 253 g/mol. The number of rotatable bonds is 5. The maximum Gasteiger partial charge on any atom is 0.123 e. The average molecular weight is 273 g/mol. The van der Waals surface area contributed by atoms with Crippen LogP contribution in [0, 0.1) is 5.82 Å². The molecule has 1 aromatic heterocycles. The van der Waals surface area contributed by atoms with Gasteiger partial charge in [0, 0.05) is 31.0 Å². The molecule has 0 saturated carbocycles. The average Bonchev–Trinajstić information content (AvgIpc) is 2.39. The Balaban J connectivity index is 2.20. The van der Waals surface area contributed by atoms with Crippen molar-refractivity contribution in [3.63, 3.8) is 0 Å². The second-order valence-corrected chi connectivity index (χ2v) is 5.14. The van der Waals surface area contributed by atoms with E-state index in [1.165, 1.54) is 6.07 Å². The third-order valence-corrected chi connectivity index (χ3v) is 3.32. The van der Waals surface area contributed by atoms with E-state index in [4.69, 9.17) is 5.73 Å². The molecule has 0 spiro atoms. The van der Waals surface area contributed by atoms with Crippen LogP contribution in [0.1, 0.15) is 24.1 Å². The number of halogens is 1. The van der Waals surface area contributed by atoms with E-state index in [0.29, 0.717) is 0 Å². The molecule has 1 heterocycles. The van der Waals surface area contributed by atoms with Gasteiger partial charge in [-0.3, -0.25) is 9.88 Å². The van der Waals surface area contributed by atoms with Gasteiger partial charge >= 0.3 is 0 Å². The number of hydrogen-bond acceptors (Lipinski definition) is 3. The molecule has 2 N–H and O–H groups in total. The van der Waals surface area contributed by atoms with Crippen LogP contribution in [0.3, 0.4) is 0 Å². The van der Waals surface area contributed by atoms with Crippen molar-refractivity contribution in [2.24, 2.45) is 5.73 Å². The Morgan fingerprint density at radius 1 is 1.30 bits per heavy atom. The summed E-state index contributed by atoms with van der Waals surface area (Å²) in [6.07, 6.45) is 3.58. The quantitative estimate of drug-likeness (QED) is 0.911. The molecule has 0 fully saturated rings. The first-order valence-corrected chi connectivity index (χ1v) is 6.68. The summed E-state index contributed by atoms with van der Waals surface area (Å²) < 4.78 is 13.4. The van der Waals surface area contributed by atoms with E-state index in [1.54, 1.807) is 18.3 Å². The molecule has 2 rings (SSSR count). The number of nitrogens with zero attached hydrogens (tertiary/aromatic N) is 2. The molecule has 0 aliphatic carbocycles. The molecule has 20 heavy (non-hydrogen) atoms. The second kappa shape index (κ2) is 6.59. The Bertz CT molecular complexity index is 542. The van der Waals surface area contributed by atoms with Gasteiger partial charge in [-0.2, -0.15) is 0 Å². The van der Waals surface area contributed by atoms with Gasteiger partial charge in [-0.1, -0.05) is 18.2 Å². The lowest BCUT2D eigenvalue weighted by atomic mass is 9.99. The molecule has 0 aliphatic heterocycles. The minimum absolute atomic E-state index is 0.0362. The van der Waals surface area contributed by atoms with Gasteiger partial charge < -0.3 is 5.73 Å². The normalized spacial score (nSPS) is 14.2. The highest BCUT2D eigenvalue weighted by atomic mass is 19.1. The number of pyridine rings is 1. The lowest BCUT2D eigenvalue weighted by Gasteiger charge is -2.31. The van der Waals surface area contributed by atoms with Crippen molar-refractivity contribution >= 4 is 0 Å². The maximum absolute atomic E-state index is 13.4. The fourth-order valence-electron chi connectivity index (χ4n) is 2.53. The Kier molecular flexibility index (Phi) is 4.82. The zero-order chi connectivity index (χ0) is 14.5. The van der Waals surface area contributed by atoms with E-state index < -0.39 is 0 Å². The minimum Gasteiger partial charge on any atom is -0.326 e. The molecule has 2 atom stereocenters. The molecular formula is C16H20FN3. The smallest absolute Gasteiger partial charge is 0.123 e. The molecule has 0 amide bonds. The molecule has 3 nitrogen and oxygen atoms in total. The lowest BCUT2D eigenvalue weighted by molar-refractivity contribution is 0.210. The van der Waals surface area contributed by atoms with Crippen molar-refractivity contribution in [3.05, 3.63) is 65.7 Å². The standard InChI is InChI=1S/C16H20FN3/c1-12(18)16(14-6-3-7-15(17)9-14)20(2)11-13-5-4-8-19-10-13/h3-10,12,16H,11,18H2,1-2H3. The molecule has 1 aromatic carbocycles. The Hall–Kier alpha value is -1.78. The van der Waals surface area contributed by atoms with Crippen molar-refractivity contribution in [3.8, 4) is 0 Å². The van der Waals surface area contributed by atoms with Crippen LogP contribution in [0.5, 0.6) is 0 Å². The topological polar surface area (TPSA) is 42.1 Å². The van der Waals surface area contributed by atoms with Crippen molar-refractivity contribution in [2.45, 2.75) is 25.6 Å². The minimum atomic E-state index is -0.233. The van der Waals surface area contributed by atoms with Crippen molar-refractivity contribution < 1.29 is 4.39 Å². The van der Waals surface area contributed by atoms with Crippen LogP contribution >= 0.6 is 0 Å². The monoisotopic (exact) mass is 273 g/mol. The summed E-state index contributed by atoms with van der Waals surface area (Å²) in [6.45, 7) is 2.66. The van der Waals surface area contributed by atoms with Crippen LogP contribution in [-0.2, 0) is 6.54 Å². The Labute approximate surface area is 119 Å². The highest BCUT2D eigenvalue weighted by Crippen LogP contribution is 2.24. The van der Waals surface area contributed by atoms with Crippen LogP contribution in [0.4, 0.5) is 4.39 Å². The predicted molar refractivity (Wildman–Crippen MR) is 78.5 cm³/mol. The summed E-state index contributed by atoms with van der Waals surface area (Å²) in [6, 6.07) is 10.4. The van der Waals surface area contributed by atoms with Crippen LogP contribution in [0.2, 0.25) is 0 Å². The zero-order valence-electron chi connectivity index (χ0n) is 11.8. The second-order valence-electron chi connectivity index (χ2n) is 5.14. The van der Waals surface area contributed by atoms with Gasteiger partial charge in [-0.15, -0.1) is 0 Å². The first-order valence-electron chi connectivity index (χ1n) is 6.68. The van der Waals surface area contributed by atoms with Gasteiger partial charge in [0.1, 0.15) is 5.82 Å². The van der Waals surface area contributed by atoms with Crippen molar-refractivity contribution in [2.75, 3.05) is 7.05 Å². The highest BCUT2D eigenvalue weighted by Gasteiger charge is 2.21. The Morgan fingerprint density at radius 2 is 2.10 bits per heavy atom. The SMILES string of the molecule is CC(N)C(c1cccc(F)c1)N(C)Cc1cccnc1. The third-order valence-electron chi connectivity index (χ3n) is 3.32. The fraction of sp³-hybridized carbons (Fsp3) is 0.312. The molecule has 0 radical (unpaired) electrons. The number of nitrogens with two attached hydrogens (primary N) is 1. The van der Waals surface area contributed by atoms with Gasteiger partial charge in [0.2, 0.25) is 0 Å². The summed E-state index contributed by atoms with van der Waals surface area (Å²) in [7, 11) is 1.99. The zero-order valence-corrected chi connectivity index (χ0v) is 11.8. The largest absolute Gasteiger partial charge is 0.326 e. The molecule has 4 heteroatoms. The van der Waals surface area contributed by atoms with Crippen molar-refractivity contribution in [1.82, 2.24) is 9.88 Å². The molecule has 0 saturated heterocycles. The lowest BCUT2D eigenvalue weighted by Crippen LogP contribution is -2.37. The number of aromatic nitrogens is 1. The summed E-state index contributed by atoms with van der Waals surface area (Å²) in [5.74, 6) is -0.233. The highest BCUT2D eigenvalue weighted by molar-refractivity contribution is 5.22. The first kappa shape index (κ1) is 14.6. The van der Waals surface area contributed by atoms with Gasteiger partial charge in [-0.25, -0.2) is 4.39 Å². The summed E-state index contributed by atoms with van der Waals surface area (Å²) in [4.78, 5) is 6.23. The molecule has 0 bridgehead atoms. The van der Waals surface area contributed by atoms with E-state index in [0.717, 1.165) is 17.7 Å². The molecule has 2 unspecified atom stereocenters. The number of likely N-dealkylation sites (N-methyl/N-ethyl adjacent to an activating group) is 1. The summed E-state index contributed by atoms with van der Waals surface area (Å²) in [5.41, 5.74) is 8.10. The van der Waals surface area contributed by atoms with Crippen LogP contribution in [0.15, 0.2) is 48.8 Å². The van der Waals surface area contributed by atoms with Gasteiger partial charge in [0.15, 0.2) is 0 Å². The van der Waals surface area contributed by atoms with Gasteiger partial charge in [-0.05, 0) is 43.3 Å².